The van der Waals surface area contributed by atoms with Crippen LogP contribution in [0.25, 0.3) is 0 Å². The summed E-state index contributed by atoms with van der Waals surface area (Å²) in [6.45, 7) is 4.12. The van der Waals surface area contributed by atoms with Crippen LogP contribution in [-0.4, -0.2) is 14.9 Å². The van der Waals surface area contributed by atoms with Gasteiger partial charge in [0.1, 0.15) is 0 Å². The Morgan fingerprint density at radius 2 is 1.95 bits per heavy atom. The highest BCUT2D eigenvalue weighted by atomic mass is 79.9. The van der Waals surface area contributed by atoms with Gasteiger partial charge < -0.3 is 5.11 Å². The number of benzene rings is 1. The lowest BCUT2D eigenvalue weighted by Gasteiger charge is -2.12. The van der Waals surface area contributed by atoms with Gasteiger partial charge in [-0.15, -0.1) is 0 Å². The molecule has 2 rings (SSSR count). The molecule has 0 fully saturated rings. The molecule has 0 bridgehead atoms. The molecule has 0 saturated heterocycles. The standard InChI is InChI=1S/C15H19BrN2O/c1-4-12-15(16)13(18(3)17-12)9-14(19)11-7-5-10(2)6-8-11/h5-8,14,19H,4,9H2,1-3H3. The van der Waals surface area contributed by atoms with E-state index in [1.54, 1.807) is 0 Å². The van der Waals surface area contributed by atoms with Crippen molar-refractivity contribution in [2.24, 2.45) is 7.05 Å². The lowest BCUT2D eigenvalue weighted by atomic mass is 10.0. The number of aliphatic hydroxyl groups is 1. The number of hydrogen-bond acceptors (Lipinski definition) is 2. The molecule has 1 aromatic carbocycles. The van der Waals surface area contributed by atoms with E-state index in [-0.39, 0.29) is 0 Å². The van der Waals surface area contributed by atoms with Crippen molar-refractivity contribution in [1.82, 2.24) is 9.78 Å². The molecule has 0 aliphatic rings. The van der Waals surface area contributed by atoms with Gasteiger partial charge in [-0.2, -0.15) is 5.10 Å². The number of nitrogens with zero attached hydrogens (tertiary/aromatic N) is 2. The van der Waals surface area contributed by atoms with Gasteiger partial charge in [-0.1, -0.05) is 36.8 Å². The van der Waals surface area contributed by atoms with E-state index in [0.29, 0.717) is 6.42 Å². The maximum absolute atomic E-state index is 10.3. The van der Waals surface area contributed by atoms with Crippen LogP contribution in [0.4, 0.5) is 0 Å². The molecule has 0 aliphatic carbocycles. The molecule has 19 heavy (non-hydrogen) atoms. The van der Waals surface area contributed by atoms with E-state index in [2.05, 4.69) is 28.0 Å². The molecule has 1 atom stereocenters. The van der Waals surface area contributed by atoms with Crippen molar-refractivity contribution in [3.8, 4) is 0 Å². The molecule has 2 aromatic rings. The van der Waals surface area contributed by atoms with Gasteiger partial charge in [0.15, 0.2) is 0 Å². The van der Waals surface area contributed by atoms with Crippen molar-refractivity contribution in [2.75, 3.05) is 0 Å². The van der Waals surface area contributed by atoms with E-state index >= 15 is 0 Å². The predicted molar refractivity (Wildman–Crippen MR) is 80.1 cm³/mol. The first-order chi connectivity index (χ1) is 9.02. The molecule has 0 radical (unpaired) electrons. The summed E-state index contributed by atoms with van der Waals surface area (Å²) in [5.41, 5.74) is 4.21. The maximum atomic E-state index is 10.3. The second-order valence-electron chi connectivity index (χ2n) is 4.82. The second kappa shape index (κ2) is 5.88. The molecule has 1 N–H and O–H groups in total. The zero-order valence-electron chi connectivity index (χ0n) is 11.5. The molecule has 0 aliphatic heterocycles. The van der Waals surface area contributed by atoms with Gasteiger partial charge in [0, 0.05) is 13.5 Å². The van der Waals surface area contributed by atoms with E-state index in [9.17, 15) is 5.11 Å². The van der Waals surface area contributed by atoms with E-state index in [1.165, 1.54) is 5.56 Å². The molecular weight excluding hydrogens is 304 g/mol. The molecule has 0 amide bonds. The SMILES string of the molecule is CCc1nn(C)c(CC(O)c2ccc(C)cc2)c1Br. The number of aliphatic hydroxyl groups excluding tert-OH is 1. The monoisotopic (exact) mass is 322 g/mol. The summed E-state index contributed by atoms with van der Waals surface area (Å²) in [4.78, 5) is 0. The minimum Gasteiger partial charge on any atom is -0.388 e. The average molecular weight is 323 g/mol. The van der Waals surface area contributed by atoms with Crippen LogP contribution in [0.2, 0.25) is 0 Å². The summed E-state index contributed by atoms with van der Waals surface area (Å²) in [6.07, 6.45) is 0.944. The molecule has 102 valence electrons. The van der Waals surface area contributed by atoms with Crippen LogP contribution >= 0.6 is 15.9 Å². The molecule has 1 unspecified atom stereocenters. The summed E-state index contributed by atoms with van der Waals surface area (Å²) in [7, 11) is 1.92. The molecule has 0 spiro atoms. The lowest BCUT2D eigenvalue weighted by molar-refractivity contribution is 0.175. The van der Waals surface area contributed by atoms with Gasteiger partial charge in [-0.05, 0) is 34.8 Å². The Morgan fingerprint density at radius 1 is 1.32 bits per heavy atom. The van der Waals surface area contributed by atoms with Crippen molar-refractivity contribution >= 4 is 15.9 Å². The van der Waals surface area contributed by atoms with Gasteiger partial charge in [0.05, 0.1) is 22.0 Å². The fourth-order valence-electron chi connectivity index (χ4n) is 2.13. The minimum atomic E-state index is -0.503. The highest BCUT2D eigenvalue weighted by molar-refractivity contribution is 9.10. The summed E-state index contributed by atoms with van der Waals surface area (Å²) in [5, 5.41) is 14.8. The Labute approximate surface area is 122 Å². The number of hydrogen-bond donors (Lipinski definition) is 1. The fourth-order valence-corrected chi connectivity index (χ4v) is 2.91. The normalized spacial score (nSPS) is 12.7. The van der Waals surface area contributed by atoms with Crippen LogP contribution in [0, 0.1) is 6.92 Å². The summed E-state index contributed by atoms with van der Waals surface area (Å²) < 4.78 is 2.86. The van der Waals surface area contributed by atoms with E-state index in [1.807, 2.05) is 42.9 Å². The Hall–Kier alpha value is -1.13. The number of rotatable bonds is 4. The summed E-state index contributed by atoms with van der Waals surface area (Å²) >= 11 is 3.58. The van der Waals surface area contributed by atoms with Gasteiger partial charge in [-0.25, -0.2) is 0 Å². The number of aryl methyl sites for hydroxylation is 3. The van der Waals surface area contributed by atoms with Gasteiger partial charge >= 0.3 is 0 Å². The third-order valence-corrected chi connectivity index (χ3v) is 4.27. The zero-order chi connectivity index (χ0) is 14.0. The fraction of sp³-hybridized carbons (Fsp3) is 0.400. The molecule has 3 nitrogen and oxygen atoms in total. The van der Waals surface area contributed by atoms with E-state index in [0.717, 1.165) is 27.8 Å². The predicted octanol–water partition coefficient (Wildman–Crippen LogP) is 3.33. The van der Waals surface area contributed by atoms with Crippen LogP contribution in [0.15, 0.2) is 28.7 Å². The van der Waals surface area contributed by atoms with Crippen molar-refractivity contribution in [3.63, 3.8) is 0 Å². The number of aromatic nitrogens is 2. The third-order valence-electron chi connectivity index (χ3n) is 3.35. The number of halogens is 1. The van der Waals surface area contributed by atoms with Crippen LogP contribution < -0.4 is 0 Å². The minimum absolute atomic E-state index is 0.503. The molecule has 0 saturated carbocycles. The third kappa shape index (κ3) is 3.07. The summed E-state index contributed by atoms with van der Waals surface area (Å²) in [5.74, 6) is 0. The largest absolute Gasteiger partial charge is 0.388 e. The van der Waals surface area contributed by atoms with Gasteiger partial charge in [0.25, 0.3) is 0 Å². The molecule has 4 heteroatoms. The van der Waals surface area contributed by atoms with Gasteiger partial charge in [-0.3, -0.25) is 4.68 Å². The Bertz CT molecular complexity index is 560. The Morgan fingerprint density at radius 3 is 2.47 bits per heavy atom. The van der Waals surface area contributed by atoms with E-state index in [4.69, 9.17) is 0 Å². The van der Waals surface area contributed by atoms with E-state index < -0.39 is 6.10 Å². The van der Waals surface area contributed by atoms with Gasteiger partial charge in [0.2, 0.25) is 0 Å². The zero-order valence-corrected chi connectivity index (χ0v) is 13.1. The van der Waals surface area contributed by atoms with Crippen molar-refractivity contribution in [2.45, 2.75) is 32.8 Å². The topological polar surface area (TPSA) is 38.0 Å². The van der Waals surface area contributed by atoms with Crippen molar-refractivity contribution < 1.29 is 5.11 Å². The van der Waals surface area contributed by atoms with Crippen molar-refractivity contribution in [1.29, 1.82) is 0 Å². The quantitative estimate of drug-likeness (QED) is 0.937. The maximum Gasteiger partial charge on any atom is 0.0845 e. The first kappa shape index (κ1) is 14.3. The highest BCUT2D eigenvalue weighted by Gasteiger charge is 2.17. The Balaban J connectivity index is 2.21. The van der Waals surface area contributed by atoms with Crippen LogP contribution in [-0.2, 0) is 19.9 Å². The first-order valence-corrected chi connectivity index (χ1v) is 7.27. The first-order valence-electron chi connectivity index (χ1n) is 6.47. The molecule has 1 aromatic heterocycles. The van der Waals surface area contributed by atoms with Crippen molar-refractivity contribution in [3.05, 3.63) is 51.3 Å². The smallest absolute Gasteiger partial charge is 0.0845 e. The molecular formula is C15H19BrN2O. The van der Waals surface area contributed by atoms with Crippen LogP contribution in [0.1, 0.15) is 35.5 Å². The van der Waals surface area contributed by atoms with Crippen LogP contribution in [0.3, 0.4) is 0 Å². The highest BCUT2D eigenvalue weighted by Crippen LogP contribution is 2.26. The van der Waals surface area contributed by atoms with Crippen LogP contribution in [0.5, 0.6) is 0 Å². The lowest BCUT2D eigenvalue weighted by Crippen LogP contribution is -2.07. The molecule has 1 heterocycles. The average Bonchev–Trinajstić information content (AvgIpc) is 2.67. The Kier molecular flexibility index (Phi) is 4.42. The second-order valence-corrected chi connectivity index (χ2v) is 5.61. The summed E-state index contributed by atoms with van der Waals surface area (Å²) in [6, 6.07) is 8.00.